The van der Waals surface area contributed by atoms with Crippen molar-refractivity contribution in [2.45, 2.75) is 75.6 Å². The molecular formula is C29H38FN3O3S. The van der Waals surface area contributed by atoms with Crippen LogP contribution in [-0.4, -0.2) is 55.2 Å². The molecule has 37 heavy (non-hydrogen) atoms. The lowest BCUT2D eigenvalue weighted by Gasteiger charge is -2.53. The molecule has 200 valence electrons. The Kier molecular flexibility index (Phi) is 7.20. The molecule has 0 radical (unpaired) electrons. The number of aryl methyl sites for hydroxylation is 1. The topological polar surface area (TPSA) is 69.7 Å². The Morgan fingerprint density at radius 3 is 2.49 bits per heavy atom. The lowest BCUT2D eigenvalue weighted by Crippen LogP contribution is -2.59. The minimum absolute atomic E-state index is 0.00910. The number of piperidine rings is 2. The van der Waals surface area contributed by atoms with Gasteiger partial charge in [0.1, 0.15) is 5.82 Å². The number of sulfonamides is 1. The molecule has 6 nitrogen and oxygen atoms in total. The summed E-state index contributed by atoms with van der Waals surface area (Å²) in [4.78, 5) is 15.1. The molecule has 8 heteroatoms. The third kappa shape index (κ3) is 5.47. The smallest absolute Gasteiger partial charge is 0.243 e. The number of hydrogen-bond donors (Lipinski definition) is 1. The van der Waals surface area contributed by atoms with E-state index in [-0.39, 0.29) is 16.2 Å². The fourth-order valence-corrected chi connectivity index (χ4v) is 8.30. The van der Waals surface area contributed by atoms with Gasteiger partial charge < -0.3 is 5.32 Å². The van der Waals surface area contributed by atoms with Crippen molar-refractivity contribution in [1.29, 1.82) is 0 Å². The Labute approximate surface area is 220 Å². The monoisotopic (exact) mass is 527 g/mol. The maximum Gasteiger partial charge on any atom is 0.243 e. The van der Waals surface area contributed by atoms with Crippen molar-refractivity contribution in [3.63, 3.8) is 0 Å². The number of carbonyl (C=O) groups is 1. The highest BCUT2D eigenvalue weighted by Crippen LogP contribution is 2.46. The van der Waals surface area contributed by atoms with Gasteiger partial charge in [-0.15, -0.1) is 0 Å². The number of likely N-dealkylation sites (tertiary alicyclic amines) is 1. The predicted octanol–water partition coefficient (Wildman–Crippen LogP) is 4.99. The minimum atomic E-state index is -3.83. The maximum atomic E-state index is 13.9. The molecule has 2 aliphatic heterocycles. The highest BCUT2D eigenvalue weighted by molar-refractivity contribution is 7.89. The van der Waals surface area contributed by atoms with Gasteiger partial charge >= 0.3 is 0 Å². The molecule has 0 bridgehead atoms. The lowest BCUT2D eigenvalue weighted by atomic mass is 9.69. The predicted molar refractivity (Wildman–Crippen MR) is 143 cm³/mol. The molecule has 3 aliphatic rings. The van der Waals surface area contributed by atoms with Crippen LogP contribution in [0.25, 0.3) is 0 Å². The molecule has 0 saturated carbocycles. The maximum absolute atomic E-state index is 13.9. The van der Waals surface area contributed by atoms with Gasteiger partial charge in [-0.25, -0.2) is 12.8 Å². The molecule has 0 atom stereocenters. The third-order valence-electron chi connectivity index (χ3n) is 8.76. The molecule has 1 spiro atoms. The summed E-state index contributed by atoms with van der Waals surface area (Å²) >= 11 is 0. The van der Waals surface area contributed by atoms with Crippen LogP contribution in [0.3, 0.4) is 0 Å². The van der Waals surface area contributed by atoms with Crippen LogP contribution in [0, 0.1) is 11.2 Å². The van der Waals surface area contributed by atoms with E-state index in [1.54, 1.807) is 4.31 Å². The fourth-order valence-electron chi connectivity index (χ4n) is 6.34. The van der Waals surface area contributed by atoms with E-state index in [0.717, 1.165) is 69.8 Å². The number of carbonyl (C=O) groups excluding carboxylic acids is 1. The standard InChI is InChI=1S/C29H38FN3O3S/c1-28(2)13-14-29(21-33(28)37(35,36)24-10-6-9-23(30)19-24)15-17-32(18-16-29)20-27(34)31-26-12-5-8-22-7-3-4-11-25(22)26/h5-6,8-10,12,19H,3-4,7,11,13-18,20-21H2,1-2H3,(H,31,34). The van der Waals surface area contributed by atoms with E-state index in [1.165, 1.54) is 35.7 Å². The molecule has 0 unspecified atom stereocenters. The largest absolute Gasteiger partial charge is 0.325 e. The zero-order chi connectivity index (χ0) is 26.3. The van der Waals surface area contributed by atoms with Gasteiger partial charge in [-0.1, -0.05) is 18.2 Å². The number of anilines is 1. The van der Waals surface area contributed by atoms with Crippen molar-refractivity contribution >= 4 is 21.6 Å². The first-order valence-electron chi connectivity index (χ1n) is 13.5. The second-order valence-electron chi connectivity index (χ2n) is 11.8. The molecule has 1 N–H and O–H groups in total. The van der Waals surface area contributed by atoms with Crippen LogP contribution in [-0.2, 0) is 27.7 Å². The van der Waals surface area contributed by atoms with Gasteiger partial charge in [0.05, 0.1) is 11.4 Å². The molecule has 2 saturated heterocycles. The van der Waals surface area contributed by atoms with Crippen molar-refractivity contribution in [2.75, 3.05) is 31.5 Å². The van der Waals surface area contributed by atoms with Crippen molar-refractivity contribution in [2.24, 2.45) is 5.41 Å². The summed E-state index contributed by atoms with van der Waals surface area (Å²) in [6.07, 6.45) is 7.85. The SMILES string of the molecule is CC1(C)CCC2(CCN(CC(=O)Nc3cccc4c3CCCC4)CC2)CN1S(=O)(=O)c1cccc(F)c1. The molecule has 2 aromatic carbocycles. The zero-order valence-corrected chi connectivity index (χ0v) is 22.7. The van der Waals surface area contributed by atoms with Crippen molar-refractivity contribution in [1.82, 2.24) is 9.21 Å². The number of fused-ring (bicyclic) bond motifs is 1. The summed E-state index contributed by atoms with van der Waals surface area (Å²) in [7, 11) is -3.83. The van der Waals surface area contributed by atoms with Crippen LogP contribution < -0.4 is 5.32 Å². The summed E-state index contributed by atoms with van der Waals surface area (Å²) < 4.78 is 42.6. The highest BCUT2D eigenvalue weighted by Gasteiger charge is 2.49. The van der Waals surface area contributed by atoms with Gasteiger partial charge in [-0.05, 0) is 119 Å². The first-order chi connectivity index (χ1) is 17.6. The summed E-state index contributed by atoms with van der Waals surface area (Å²) in [5.41, 5.74) is 2.92. The Morgan fingerprint density at radius 1 is 1.00 bits per heavy atom. The van der Waals surface area contributed by atoms with Crippen LogP contribution in [0.5, 0.6) is 0 Å². The minimum Gasteiger partial charge on any atom is -0.325 e. The van der Waals surface area contributed by atoms with Gasteiger partial charge in [0.2, 0.25) is 15.9 Å². The number of halogens is 1. The van der Waals surface area contributed by atoms with Crippen molar-refractivity contribution in [3.05, 3.63) is 59.4 Å². The number of nitrogens with zero attached hydrogens (tertiary/aromatic N) is 2. The Bertz CT molecular complexity index is 1270. The average Bonchev–Trinajstić information content (AvgIpc) is 2.87. The van der Waals surface area contributed by atoms with Crippen LogP contribution >= 0.6 is 0 Å². The molecule has 2 aromatic rings. The van der Waals surface area contributed by atoms with E-state index < -0.39 is 21.4 Å². The molecule has 1 aliphatic carbocycles. The molecule has 2 fully saturated rings. The molecular weight excluding hydrogens is 489 g/mol. The van der Waals surface area contributed by atoms with Crippen LogP contribution in [0.1, 0.15) is 63.5 Å². The van der Waals surface area contributed by atoms with Crippen molar-refractivity contribution in [3.8, 4) is 0 Å². The van der Waals surface area contributed by atoms with Crippen LogP contribution in [0.15, 0.2) is 47.4 Å². The first kappa shape index (κ1) is 26.3. The summed E-state index contributed by atoms with van der Waals surface area (Å²) in [5.74, 6) is -0.539. The molecule has 0 aromatic heterocycles. The lowest BCUT2D eigenvalue weighted by molar-refractivity contribution is -0.118. The number of nitrogens with one attached hydrogen (secondary N) is 1. The van der Waals surface area contributed by atoms with E-state index >= 15 is 0 Å². The molecule has 1 amide bonds. The van der Waals surface area contributed by atoms with Crippen LogP contribution in [0.4, 0.5) is 10.1 Å². The Balaban J connectivity index is 1.23. The zero-order valence-electron chi connectivity index (χ0n) is 21.9. The van der Waals surface area contributed by atoms with Gasteiger partial charge in [0.15, 0.2) is 0 Å². The van der Waals surface area contributed by atoms with E-state index in [1.807, 2.05) is 26.0 Å². The van der Waals surface area contributed by atoms with E-state index in [2.05, 4.69) is 16.3 Å². The normalized spacial score (nSPS) is 21.9. The van der Waals surface area contributed by atoms with Crippen LogP contribution in [0.2, 0.25) is 0 Å². The van der Waals surface area contributed by atoms with E-state index in [4.69, 9.17) is 0 Å². The van der Waals surface area contributed by atoms with Gasteiger partial charge in [0.25, 0.3) is 0 Å². The summed E-state index contributed by atoms with van der Waals surface area (Å²) in [6, 6.07) is 11.5. The number of benzene rings is 2. The van der Waals surface area contributed by atoms with E-state index in [0.29, 0.717) is 13.1 Å². The summed E-state index contributed by atoms with van der Waals surface area (Å²) in [6.45, 7) is 6.20. The molecule has 2 heterocycles. The van der Waals surface area contributed by atoms with Crippen molar-refractivity contribution < 1.29 is 17.6 Å². The van der Waals surface area contributed by atoms with E-state index in [9.17, 15) is 17.6 Å². The van der Waals surface area contributed by atoms with Gasteiger partial charge in [-0.3, -0.25) is 9.69 Å². The number of amides is 1. The average molecular weight is 528 g/mol. The second kappa shape index (κ2) is 10.1. The second-order valence-corrected chi connectivity index (χ2v) is 13.6. The van der Waals surface area contributed by atoms with Gasteiger partial charge in [-0.2, -0.15) is 4.31 Å². The number of hydrogen-bond acceptors (Lipinski definition) is 4. The van der Waals surface area contributed by atoms with Gasteiger partial charge in [0, 0.05) is 17.8 Å². The Morgan fingerprint density at radius 2 is 1.73 bits per heavy atom. The number of rotatable bonds is 5. The Hall–Kier alpha value is -2.29. The summed E-state index contributed by atoms with van der Waals surface area (Å²) in [5, 5.41) is 3.15. The first-order valence-corrected chi connectivity index (χ1v) is 14.9. The fraction of sp³-hybridized carbons (Fsp3) is 0.552. The third-order valence-corrected chi connectivity index (χ3v) is 10.8. The quantitative estimate of drug-likeness (QED) is 0.595. The highest BCUT2D eigenvalue weighted by atomic mass is 32.2. The molecule has 5 rings (SSSR count).